The number of carboxylic acids is 1. The van der Waals surface area contributed by atoms with Gasteiger partial charge in [-0.1, -0.05) is 13.8 Å². The van der Waals surface area contributed by atoms with E-state index in [1.165, 1.54) is 7.11 Å². The molecule has 7 heteroatoms. The molecule has 7 nitrogen and oxygen atoms in total. The van der Waals surface area contributed by atoms with Crippen LogP contribution in [0.3, 0.4) is 0 Å². The van der Waals surface area contributed by atoms with E-state index < -0.39 is 24.0 Å². The van der Waals surface area contributed by atoms with Crippen LogP contribution in [0.4, 0.5) is 4.79 Å². The highest BCUT2D eigenvalue weighted by atomic mass is 16.5. The number of hydrogen-bond acceptors (Lipinski definition) is 4. The van der Waals surface area contributed by atoms with Crippen LogP contribution >= 0.6 is 0 Å². The number of carbonyl (C=O) groups excluding carboxylic acids is 2. The first-order chi connectivity index (χ1) is 8.76. The van der Waals surface area contributed by atoms with E-state index in [-0.39, 0.29) is 24.3 Å². The van der Waals surface area contributed by atoms with Gasteiger partial charge in [0.05, 0.1) is 7.11 Å². The second kappa shape index (κ2) is 5.90. The number of hydrogen-bond donors (Lipinski definition) is 3. The predicted molar refractivity (Wildman–Crippen MR) is 66.5 cm³/mol. The minimum Gasteiger partial charge on any atom is -0.480 e. The molecule has 0 spiro atoms. The highest BCUT2D eigenvalue weighted by Gasteiger charge is 2.46. The lowest BCUT2D eigenvalue weighted by molar-refractivity contribution is -0.142. The molecule has 0 aliphatic heterocycles. The maximum absolute atomic E-state index is 11.6. The van der Waals surface area contributed by atoms with Gasteiger partial charge in [0.15, 0.2) is 0 Å². The third-order valence-corrected chi connectivity index (χ3v) is 3.29. The molecule has 1 unspecified atom stereocenters. The summed E-state index contributed by atoms with van der Waals surface area (Å²) in [5.41, 5.74) is 0.0715. The molecule has 2 atom stereocenters. The fourth-order valence-electron chi connectivity index (χ4n) is 1.69. The summed E-state index contributed by atoms with van der Waals surface area (Å²) in [4.78, 5) is 33.5. The predicted octanol–water partition coefficient (Wildman–Crippen LogP) is 0.491. The van der Waals surface area contributed by atoms with Crippen LogP contribution in [0, 0.1) is 5.41 Å². The van der Waals surface area contributed by atoms with E-state index in [1.54, 1.807) is 0 Å². The lowest BCUT2D eigenvalue weighted by Crippen LogP contribution is -2.47. The molecule has 0 radical (unpaired) electrons. The normalized spacial score (nSPS) is 21.1. The first-order valence-electron chi connectivity index (χ1n) is 6.13. The molecule has 2 amide bonds. The first-order valence-corrected chi connectivity index (χ1v) is 6.13. The highest BCUT2D eigenvalue weighted by Crippen LogP contribution is 2.44. The molecule has 0 aromatic heterocycles. The van der Waals surface area contributed by atoms with Crippen molar-refractivity contribution in [1.82, 2.24) is 10.6 Å². The third-order valence-electron chi connectivity index (χ3n) is 3.29. The Hall–Kier alpha value is -1.79. The Bertz CT molecular complexity index is 380. The maximum atomic E-state index is 11.6. The topological polar surface area (TPSA) is 105 Å². The van der Waals surface area contributed by atoms with Crippen molar-refractivity contribution in [2.24, 2.45) is 5.41 Å². The number of ether oxygens (including phenoxy) is 1. The largest absolute Gasteiger partial charge is 0.480 e. The fraction of sp³-hybridized carbons (Fsp3) is 0.750. The molecule has 1 aliphatic carbocycles. The molecule has 1 rings (SSSR count). The standard InChI is InChI=1S/C12H20N2O5/c1-12(2)6-8(12)14-11(18)13-7(10(16)17)4-5-9(15)19-3/h7-8H,4-6H2,1-3H3,(H,16,17)(H2,13,14,18)/t7-,8?/m0/s1. The monoisotopic (exact) mass is 272 g/mol. The van der Waals surface area contributed by atoms with E-state index in [9.17, 15) is 14.4 Å². The molecule has 1 aliphatic rings. The summed E-state index contributed by atoms with van der Waals surface area (Å²) in [5.74, 6) is -1.68. The molecule has 19 heavy (non-hydrogen) atoms. The van der Waals surface area contributed by atoms with Crippen molar-refractivity contribution in [2.75, 3.05) is 7.11 Å². The van der Waals surface area contributed by atoms with Gasteiger partial charge in [-0.05, 0) is 18.3 Å². The Morgan fingerprint density at radius 2 is 2.00 bits per heavy atom. The van der Waals surface area contributed by atoms with Gasteiger partial charge >= 0.3 is 18.0 Å². The van der Waals surface area contributed by atoms with Crippen LogP contribution in [-0.4, -0.2) is 42.3 Å². The molecule has 0 heterocycles. The van der Waals surface area contributed by atoms with Gasteiger partial charge < -0.3 is 20.5 Å². The lowest BCUT2D eigenvalue weighted by Gasteiger charge is -2.15. The number of carbonyl (C=O) groups is 3. The van der Waals surface area contributed by atoms with Gasteiger partial charge in [-0.25, -0.2) is 9.59 Å². The van der Waals surface area contributed by atoms with Crippen molar-refractivity contribution < 1.29 is 24.2 Å². The fourth-order valence-corrected chi connectivity index (χ4v) is 1.69. The van der Waals surface area contributed by atoms with E-state index in [0.717, 1.165) is 6.42 Å². The van der Waals surface area contributed by atoms with Crippen LogP contribution in [0.25, 0.3) is 0 Å². The number of esters is 1. The summed E-state index contributed by atoms with van der Waals surface area (Å²) in [6.07, 6.45) is 0.826. The van der Waals surface area contributed by atoms with Gasteiger partial charge in [0.2, 0.25) is 0 Å². The van der Waals surface area contributed by atoms with E-state index >= 15 is 0 Å². The Morgan fingerprint density at radius 1 is 1.42 bits per heavy atom. The second-order valence-electron chi connectivity index (χ2n) is 5.37. The zero-order valence-corrected chi connectivity index (χ0v) is 11.4. The zero-order chi connectivity index (χ0) is 14.6. The molecule has 108 valence electrons. The summed E-state index contributed by atoms with van der Waals surface area (Å²) < 4.78 is 4.43. The van der Waals surface area contributed by atoms with Crippen molar-refractivity contribution in [3.8, 4) is 0 Å². The molecule has 1 fully saturated rings. The van der Waals surface area contributed by atoms with Crippen molar-refractivity contribution in [1.29, 1.82) is 0 Å². The average molecular weight is 272 g/mol. The summed E-state index contributed by atoms with van der Waals surface area (Å²) in [7, 11) is 1.23. The number of amides is 2. The number of nitrogens with one attached hydrogen (secondary N) is 2. The number of carboxylic acid groups (broad SMARTS) is 1. The van der Waals surface area contributed by atoms with Crippen LogP contribution < -0.4 is 10.6 Å². The van der Waals surface area contributed by atoms with E-state index in [4.69, 9.17) is 5.11 Å². The molecule has 0 aromatic carbocycles. The van der Waals surface area contributed by atoms with E-state index in [2.05, 4.69) is 15.4 Å². The minimum atomic E-state index is -1.17. The average Bonchev–Trinajstić information content (AvgIpc) is 2.90. The second-order valence-corrected chi connectivity index (χ2v) is 5.37. The highest BCUT2D eigenvalue weighted by molar-refractivity contribution is 5.83. The number of rotatable bonds is 6. The first kappa shape index (κ1) is 15.3. The van der Waals surface area contributed by atoms with Gasteiger partial charge in [-0.2, -0.15) is 0 Å². The van der Waals surface area contributed by atoms with Gasteiger partial charge in [0.1, 0.15) is 6.04 Å². The summed E-state index contributed by atoms with van der Waals surface area (Å²) in [5, 5.41) is 14.0. The van der Waals surface area contributed by atoms with Crippen LogP contribution in [0.1, 0.15) is 33.1 Å². The van der Waals surface area contributed by atoms with Gasteiger partial charge in [0, 0.05) is 12.5 Å². The smallest absolute Gasteiger partial charge is 0.326 e. The number of urea groups is 1. The van der Waals surface area contributed by atoms with Crippen LogP contribution in [-0.2, 0) is 14.3 Å². The number of aliphatic carboxylic acids is 1. The van der Waals surface area contributed by atoms with Crippen molar-refractivity contribution >= 4 is 18.0 Å². The summed E-state index contributed by atoms with van der Waals surface area (Å²) in [6.45, 7) is 4.04. The Morgan fingerprint density at radius 3 is 2.42 bits per heavy atom. The van der Waals surface area contributed by atoms with E-state index in [1.807, 2.05) is 13.8 Å². The summed E-state index contributed by atoms with van der Waals surface area (Å²) in [6, 6.07) is -1.55. The van der Waals surface area contributed by atoms with Crippen LogP contribution in [0.15, 0.2) is 0 Å². The van der Waals surface area contributed by atoms with Gasteiger partial charge in [0.25, 0.3) is 0 Å². The molecule has 0 saturated heterocycles. The number of methoxy groups -OCH3 is 1. The zero-order valence-electron chi connectivity index (χ0n) is 11.4. The SMILES string of the molecule is COC(=O)CC[C@H](NC(=O)NC1CC1(C)C)C(=O)O. The third kappa shape index (κ3) is 4.76. The molecule has 1 saturated carbocycles. The molecule has 0 aromatic rings. The van der Waals surface area contributed by atoms with Gasteiger partial charge in [-0.15, -0.1) is 0 Å². The minimum absolute atomic E-state index is 0.00346. The molecule has 0 bridgehead atoms. The van der Waals surface area contributed by atoms with Crippen LogP contribution in [0.5, 0.6) is 0 Å². The molecular weight excluding hydrogens is 252 g/mol. The summed E-state index contributed by atoms with van der Waals surface area (Å²) >= 11 is 0. The van der Waals surface area contributed by atoms with Crippen molar-refractivity contribution in [2.45, 2.75) is 45.2 Å². The molecule has 3 N–H and O–H groups in total. The lowest BCUT2D eigenvalue weighted by atomic mass is 10.1. The Labute approximate surface area is 111 Å². The van der Waals surface area contributed by atoms with Crippen molar-refractivity contribution in [3.05, 3.63) is 0 Å². The maximum Gasteiger partial charge on any atom is 0.326 e. The van der Waals surface area contributed by atoms with Gasteiger partial charge in [-0.3, -0.25) is 4.79 Å². The Balaban J connectivity index is 2.38. The Kier molecular flexibility index (Phi) is 4.74. The molecular formula is C12H20N2O5. The van der Waals surface area contributed by atoms with Crippen molar-refractivity contribution in [3.63, 3.8) is 0 Å². The quantitative estimate of drug-likeness (QED) is 0.610. The van der Waals surface area contributed by atoms with Crippen LogP contribution in [0.2, 0.25) is 0 Å². The van der Waals surface area contributed by atoms with E-state index in [0.29, 0.717) is 0 Å².